The predicted molar refractivity (Wildman–Crippen MR) is 110 cm³/mol. The molecule has 0 aliphatic carbocycles. The largest absolute Gasteiger partial charge is 0.396 e. The number of aliphatic hydroxyl groups excluding tert-OH is 2. The Hall–Kier alpha value is -1.97. The number of ether oxygens (including phenoxy) is 1. The molecule has 0 amide bonds. The topological polar surface area (TPSA) is 114 Å². The fourth-order valence-corrected chi connectivity index (χ4v) is 4.09. The van der Waals surface area contributed by atoms with Gasteiger partial charge >= 0.3 is 0 Å². The molecule has 2 aromatic carbocycles. The minimum Gasteiger partial charge on any atom is -0.396 e. The summed E-state index contributed by atoms with van der Waals surface area (Å²) < 4.78 is 5.63. The second kappa shape index (κ2) is 7.81. The summed E-state index contributed by atoms with van der Waals surface area (Å²) in [5.41, 5.74) is 8.67. The molecule has 0 radical (unpaired) electrons. The van der Waals surface area contributed by atoms with E-state index in [2.05, 4.69) is 27.6 Å². The maximum Gasteiger partial charge on any atom is 0.223 e. The lowest BCUT2D eigenvalue weighted by Crippen LogP contribution is -2.20. The Morgan fingerprint density at radius 1 is 1.14 bits per heavy atom. The number of aliphatic hydroxyl groups is 2. The molecule has 7 nitrogen and oxygen atoms in total. The summed E-state index contributed by atoms with van der Waals surface area (Å²) in [5, 5.41) is 20.8. The molecule has 0 saturated carbocycles. The second-order valence-corrected chi connectivity index (χ2v) is 7.63. The monoisotopic (exact) mass is 418 g/mol. The number of nitrogens with zero attached hydrogens (tertiary/aromatic N) is 3. The minimum atomic E-state index is -0.605. The lowest BCUT2D eigenvalue weighted by molar-refractivity contribution is 0.103. The number of rotatable bonds is 5. The van der Waals surface area contributed by atoms with Gasteiger partial charge in [-0.2, -0.15) is 22.6 Å². The van der Waals surface area contributed by atoms with E-state index in [-0.39, 0.29) is 25.0 Å². The summed E-state index contributed by atoms with van der Waals surface area (Å²) in [7, 11) is 0. The van der Waals surface area contributed by atoms with Crippen LogP contribution in [0.4, 0.5) is 5.95 Å². The molecule has 0 fully saturated rings. The Bertz CT molecular complexity index is 1050. The summed E-state index contributed by atoms with van der Waals surface area (Å²) >= 11 is 11.1. The normalized spacial score (nSPS) is 14.6. The first-order chi connectivity index (χ1) is 13.5. The van der Waals surface area contributed by atoms with Gasteiger partial charge in [0, 0.05) is 24.7 Å². The van der Waals surface area contributed by atoms with Crippen LogP contribution in [0, 0.1) is 5.92 Å². The highest BCUT2D eigenvalue weighted by atomic mass is 35.5. The van der Waals surface area contributed by atoms with Crippen LogP contribution in [0.5, 0.6) is 0 Å². The van der Waals surface area contributed by atoms with Crippen LogP contribution in [0.2, 0.25) is 5.02 Å². The molecule has 1 aliphatic heterocycles. The van der Waals surface area contributed by atoms with Crippen molar-refractivity contribution in [3.63, 3.8) is 0 Å². The number of halogens is 1. The minimum absolute atomic E-state index is 0.0218. The molecule has 1 aliphatic rings. The lowest BCUT2D eigenvalue weighted by Gasteiger charge is -2.21. The molecular formula is C19H19ClN4O3S. The van der Waals surface area contributed by atoms with E-state index < -0.39 is 11.2 Å². The molecule has 4 N–H and O–H groups in total. The van der Waals surface area contributed by atoms with E-state index in [4.69, 9.17) is 22.1 Å². The van der Waals surface area contributed by atoms with Gasteiger partial charge in [-0.05, 0) is 28.0 Å². The summed E-state index contributed by atoms with van der Waals surface area (Å²) in [6.07, 6.45) is 0. The number of aromatic nitrogens is 3. The van der Waals surface area contributed by atoms with Gasteiger partial charge in [0.2, 0.25) is 5.95 Å². The molecule has 3 aromatic rings. The average Bonchev–Trinajstić information content (AvgIpc) is 2.68. The first kappa shape index (κ1) is 19.4. The van der Waals surface area contributed by atoms with Crippen LogP contribution in [0.3, 0.4) is 0 Å². The first-order valence-corrected chi connectivity index (χ1v) is 9.65. The Labute approximate surface area is 172 Å². The fourth-order valence-electron chi connectivity index (χ4n) is 3.47. The van der Waals surface area contributed by atoms with Crippen molar-refractivity contribution >= 4 is 41.0 Å². The highest BCUT2D eigenvalue weighted by molar-refractivity contribution is 7.80. The molecule has 1 aromatic heterocycles. The highest BCUT2D eigenvalue weighted by Gasteiger charge is 2.25. The number of hydrogen-bond acceptors (Lipinski definition) is 8. The second-order valence-electron chi connectivity index (χ2n) is 6.67. The molecule has 1 unspecified atom stereocenters. The van der Waals surface area contributed by atoms with Crippen LogP contribution in [-0.4, -0.2) is 38.4 Å². The lowest BCUT2D eigenvalue weighted by atomic mass is 9.94. The molecule has 0 saturated heterocycles. The number of benzene rings is 2. The zero-order valence-electron chi connectivity index (χ0n) is 14.8. The van der Waals surface area contributed by atoms with Gasteiger partial charge in [-0.25, -0.2) is 4.98 Å². The zero-order chi connectivity index (χ0) is 19.8. The molecular weight excluding hydrogens is 400 g/mol. The summed E-state index contributed by atoms with van der Waals surface area (Å²) in [6.45, 7) is 0.509. The average molecular weight is 419 g/mol. The summed E-state index contributed by atoms with van der Waals surface area (Å²) in [4.78, 5) is 13.0. The van der Waals surface area contributed by atoms with Gasteiger partial charge < -0.3 is 20.7 Å². The van der Waals surface area contributed by atoms with Crippen molar-refractivity contribution in [1.29, 1.82) is 0 Å². The Kier molecular flexibility index (Phi) is 5.39. The van der Waals surface area contributed by atoms with Gasteiger partial charge in [0.05, 0.1) is 23.5 Å². The quantitative estimate of drug-likeness (QED) is 0.470. The van der Waals surface area contributed by atoms with Crippen molar-refractivity contribution in [2.24, 2.45) is 5.92 Å². The van der Waals surface area contributed by atoms with Crippen molar-refractivity contribution in [2.75, 3.05) is 18.9 Å². The Morgan fingerprint density at radius 3 is 2.64 bits per heavy atom. The predicted octanol–water partition coefficient (Wildman–Crippen LogP) is 2.53. The molecule has 0 bridgehead atoms. The van der Waals surface area contributed by atoms with Crippen molar-refractivity contribution in [1.82, 2.24) is 15.0 Å². The van der Waals surface area contributed by atoms with Gasteiger partial charge in [-0.1, -0.05) is 29.8 Å². The van der Waals surface area contributed by atoms with Crippen molar-refractivity contribution < 1.29 is 14.9 Å². The molecule has 9 heteroatoms. The standard InChI is InChI=1S/C19H19ClN4O3S/c20-13-4-10-8-27-7-9-2-1-3-12(14(9)10)15(13)17-22-18(24-19(21)23-17)16(28)11(5-25)6-26/h1-4,11,16,25-26,28H,5-8H2,(H2,21,22,23,24). The van der Waals surface area contributed by atoms with Gasteiger partial charge in [-0.15, -0.1) is 0 Å². The smallest absolute Gasteiger partial charge is 0.223 e. The van der Waals surface area contributed by atoms with Crippen LogP contribution in [0.1, 0.15) is 22.2 Å². The van der Waals surface area contributed by atoms with Crippen LogP contribution >= 0.6 is 24.2 Å². The van der Waals surface area contributed by atoms with E-state index in [9.17, 15) is 10.2 Å². The van der Waals surface area contributed by atoms with Crippen molar-refractivity contribution in [3.8, 4) is 11.4 Å². The van der Waals surface area contributed by atoms with Crippen molar-refractivity contribution in [2.45, 2.75) is 18.5 Å². The number of nitrogens with two attached hydrogens (primary N) is 1. The van der Waals surface area contributed by atoms with Crippen LogP contribution in [-0.2, 0) is 18.0 Å². The third-order valence-electron chi connectivity index (χ3n) is 4.87. The maximum atomic E-state index is 9.45. The molecule has 1 atom stereocenters. The fraction of sp³-hybridized carbons (Fsp3) is 0.316. The van der Waals surface area contributed by atoms with E-state index in [0.29, 0.717) is 29.6 Å². The summed E-state index contributed by atoms with van der Waals surface area (Å²) in [6, 6.07) is 7.80. The van der Waals surface area contributed by atoms with E-state index in [1.54, 1.807) is 0 Å². The maximum absolute atomic E-state index is 9.45. The van der Waals surface area contributed by atoms with E-state index in [1.165, 1.54) is 0 Å². The van der Waals surface area contributed by atoms with Gasteiger partial charge in [0.25, 0.3) is 0 Å². The number of anilines is 1. The Balaban J connectivity index is 1.92. The van der Waals surface area contributed by atoms with Crippen molar-refractivity contribution in [3.05, 3.63) is 46.2 Å². The SMILES string of the molecule is Nc1nc(-c2c(Cl)cc3c4c(cccc24)COC3)nc(C(S)C(CO)CO)n1. The molecule has 2 heterocycles. The third-order valence-corrected chi connectivity index (χ3v) is 5.82. The van der Waals surface area contributed by atoms with E-state index in [0.717, 1.165) is 21.9 Å². The van der Waals surface area contributed by atoms with Gasteiger partial charge in [0.1, 0.15) is 5.82 Å². The number of thiol groups is 1. The number of nitrogen functional groups attached to an aromatic ring is 1. The van der Waals surface area contributed by atoms with Gasteiger partial charge in [-0.3, -0.25) is 0 Å². The van der Waals surface area contributed by atoms with Crippen LogP contribution < -0.4 is 5.73 Å². The van der Waals surface area contributed by atoms with E-state index >= 15 is 0 Å². The zero-order valence-corrected chi connectivity index (χ0v) is 16.5. The Morgan fingerprint density at radius 2 is 1.89 bits per heavy atom. The summed E-state index contributed by atoms with van der Waals surface area (Å²) in [5.74, 6) is 0.102. The van der Waals surface area contributed by atoms with E-state index in [1.807, 2.05) is 24.3 Å². The van der Waals surface area contributed by atoms with Crippen LogP contribution in [0.15, 0.2) is 24.3 Å². The van der Waals surface area contributed by atoms with Gasteiger partial charge in [0.15, 0.2) is 5.82 Å². The molecule has 146 valence electrons. The third kappa shape index (κ3) is 3.31. The number of hydrogen-bond donors (Lipinski definition) is 4. The van der Waals surface area contributed by atoms with Crippen LogP contribution in [0.25, 0.3) is 22.2 Å². The molecule has 0 spiro atoms. The first-order valence-electron chi connectivity index (χ1n) is 8.75. The molecule has 28 heavy (non-hydrogen) atoms. The molecule has 4 rings (SSSR count). The highest BCUT2D eigenvalue weighted by Crippen LogP contribution is 2.40.